The van der Waals surface area contributed by atoms with Gasteiger partial charge in [0.1, 0.15) is 0 Å². The topological polar surface area (TPSA) is 104 Å². The van der Waals surface area contributed by atoms with Crippen molar-refractivity contribution in [2.24, 2.45) is 0 Å². The zero-order valence-electron chi connectivity index (χ0n) is 15.5. The molecule has 152 valence electrons. The van der Waals surface area contributed by atoms with Crippen LogP contribution in [0.2, 0.25) is 0 Å². The number of rotatable bonds is 13. The Morgan fingerprint density at radius 1 is 0.923 bits per heavy atom. The average Bonchev–Trinajstić information content (AvgIpc) is 2.60. The lowest BCUT2D eigenvalue weighted by Crippen LogP contribution is -1.97. The maximum absolute atomic E-state index is 10.4. The molecular weight excluding hydrogens is 376 g/mol. The van der Waals surface area contributed by atoms with Crippen LogP contribution in [0.3, 0.4) is 0 Å². The minimum absolute atomic E-state index is 0.0741. The lowest BCUT2D eigenvalue weighted by atomic mass is 10.1. The van der Waals surface area contributed by atoms with Crippen LogP contribution in [0.4, 0.5) is 0 Å². The van der Waals surface area contributed by atoms with Crippen LogP contribution in [0.25, 0.3) is 0 Å². The van der Waals surface area contributed by atoms with Gasteiger partial charge in [-0.2, -0.15) is 8.42 Å². The van der Waals surface area contributed by atoms with Crippen molar-refractivity contribution in [2.75, 3.05) is 6.61 Å². The number of benzene rings is 1. The second-order valence-corrected chi connectivity index (χ2v) is 8.06. The predicted octanol–water partition coefficient (Wildman–Crippen LogP) is 4.65. The van der Waals surface area contributed by atoms with Crippen molar-refractivity contribution in [3.05, 3.63) is 30.3 Å². The van der Waals surface area contributed by atoms with Gasteiger partial charge < -0.3 is 8.74 Å². The molecule has 1 rings (SSSR count). The molecule has 0 heterocycles. The highest BCUT2D eigenvalue weighted by Gasteiger charge is 2.05. The second-order valence-electron chi connectivity index (χ2n) is 6.00. The number of unbranched alkanes of at least 4 members (excludes halogenated alkanes) is 9. The van der Waals surface area contributed by atoms with Gasteiger partial charge in [0.15, 0.2) is 0 Å². The highest BCUT2D eigenvalue weighted by atomic mass is 32.2. The molecule has 1 N–H and O–H groups in total. The standard InChI is InChI=1S/C12H26O3S.C6H6O3S/c1-2-3-4-5-6-7-8-9-10-11-12-15-16(13)14;7-10(8,9)6-4-2-1-3-5-6/h2-12H2,1H3,(H,13,14);1-5H,(H,7,8,9)/p-1. The van der Waals surface area contributed by atoms with Crippen LogP contribution in [0.15, 0.2) is 35.2 Å². The molecule has 0 amide bonds. The van der Waals surface area contributed by atoms with Crippen LogP contribution >= 0.6 is 0 Å². The smallest absolute Gasteiger partial charge is 0.294 e. The predicted molar refractivity (Wildman–Crippen MR) is 103 cm³/mol. The first-order chi connectivity index (χ1) is 12.4. The van der Waals surface area contributed by atoms with Gasteiger partial charge in [-0.15, -0.1) is 0 Å². The minimum atomic E-state index is -4.00. The molecule has 0 saturated heterocycles. The summed E-state index contributed by atoms with van der Waals surface area (Å²) in [7, 11) is -4.00. The van der Waals surface area contributed by atoms with E-state index in [4.69, 9.17) is 4.55 Å². The molecule has 1 aromatic carbocycles. The Morgan fingerprint density at radius 2 is 1.38 bits per heavy atom. The third-order valence-corrected chi connectivity index (χ3v) is 4.95. The molecule has 0 saturated carbocycles. The highest BCUT2D eigenvalue weighted by molar-refractivity contribution is 7.85. The van der Waals surface area contributed by atoms with Gasteiger partial charge in [0.25, 0.3) is 10.1 Å². The van der Waals surface area contributed by atoms with Crippen LogP contribution in [0.1, 0.15) is 71.1 Å². The van der Waals surface area contributed by atoms with Gasteiger partial charge in [0.05, 0.1) is 22.9 Å². The Hall–Kier alpha value is -0.800. The van der Waals surface area contributed by atoms with E-state index in [2.05, 4.69) is 11.1 Å². The maximum atomic E-state index is 10.4. The van der Waals surface area contributed by atoms with Crippen molar-refractivity contribution in [1.82, 2.24) is 0 Å². The van der Waals surface area contributed by atoms with Gasteiger partial charge in [-0.1, -0.05) is 82.9 Å². The zero-order chi connectivity index (χ0) is 19.7. The number of hydrogen-bond acceptors (Lipinski definition) is 5. The van der Waals surface area contributed by atoms with E-state index in [1.54, 1.807) is 18.2 Å². The fourth-order valence-corrected chi connectivity index (χ4v) is 3.06. The van der Waals surface area contributed by atoms with Gasteiger partial charge >= 0.3 is 0 Å². The van der Waals surface area contributed by atoms with Crippen LogP contribution < -0.4 is 0 Å². The molecule has 0 aliphatic rings. The van der Waals surface area contributed by atoms with Crippen molar-refractivity contribution >= 4 is 21.5 Å². The molecule has 0 fully saturated rings. The highest BCUT2D eigenvalue weighted by Crippen LogP contribution is 2.10. The summed E-state index contributed by atoms with van der Waals surface area (Å²) in [6, 6.07) is 7.42. The first-order valence-electron chi connectivity index (χ1n) is 9.13. The molecular formula is C18H31O6S2-. The molecule has 1 aromatic rings. The summed E-state index contributed by atoms with van der Waals surface area (Å²) >= 11 is -2.33. The van der Waals surface area contributed by atoms with E-state index >= 15 is 0 Å². The van der Waals surface area contributed by atoms with Gasteiger partial charge in [0.2, 0.25) is 0 Å². The molecule has 26 heavy (non-hydrogen) atoms. The molecule has 0 radical (unpaired) electrons. The summed E-state index contributed by atoms with van der Waals surface area (Å²) in [5.41, 5.74) is 0. The normalized spacial score (nSPS) is 12.3. The Balaban J connectivity index is 0.000000531. The summed E-state index contributed by atoms with van der Waals surface area (Å²) in [5.74, 6) is 0. The third-order valence-electron chi connectivity index (χ3n) is 3.72. The first kappa shape index (κ1) is 25.2. The van der Waals surface area contributed by atoms with Crippen LogP contribution in [-0.2, 0) is 25.7 Å². The monoisotopic (exact) mass is 407 g/mol. The van der Waals surface area contributed by atoms with Gasteiger partial charge in [-0.25, -0.2) is 4.21 Å². The van der Waals surface area contributed by atoms with Crippen molar-refractivity contribution < 1.29 is 25.9 Å². The van der Waals surface area contributed by atoms with Crippen molar-refractivity contribution in [1.29, 1.82) is 0 Å². The van der Waals surface area contributed by atoms with E-state index in [-0.39, 0.29) is 4.90 Å². The molecule has 1 unspecified atom stereocenters. The second kappa shape index (κ2) is 16.4. The molecule has 0 bridgehead atoms. The molecule has 1 atom stereocenters. The zero-order valence-corrected chi connectivity index (χ0v) is 17.1. The van der Waals surface area contributed by atoms with Crippen molar-refractivity contribution in [3.63, 3.8) is 0 Å². The van der Waals surface area contributed by atoms with Crippen LogP contribution in [0, 0.1) is 0 Å². The van der Waals surface area contributed by atoms with Crippen molar-refractivity contribution in [2.45, 2.75) is 76.0 Å². The van der Waals surface area contributed by atoms with Gasteiger partial charge in [0, 0.05) is 0 Å². The summed E-state index contributed by atoms with van der Waals surface area (Å²) in [6.45, 7) is 2.57. The first-order valence-corrected chi connectivity index (χ1v) is 11.6. The molecule has 6 nitrogen and oxygen atoms in total. The lowest BCUT2D eigenvalue weighted by Gasteiger charge is -2.05. The van der Waals surface area contributed by atoms with E-state index in [1.807, 2.05) is 0 Å². The summed E-state index contributed by atoms with van der Waals surface area (Å²) in [6.07, 6.45) is 12.5. The minimum Gasteiger partial charge on any atom is -0.750 e. The molecule has 0 aliphatic carbocycles. The third kappa shape index (κ3) is 16.7. The van der Waals surface area contributed by atoms with Gasteiger partial charge in [-0.3, -0.25) is 4.55 Å². The van der Waals surface area contributed by atoms with E-state index in [9.17, 15) is 17.2 Å². The van der Waals surface area contributed by atoms with Crippen LogP contribution in [0.5, 0.6) is 0 Å². The Bertz CT molecular complexity index is 560. The van der Waals surface area contributed by atoms with Crippen molar-refractivity contribution in [3.8, 4) is 0 Å². The van der Waals surface area contributed by atoms with E-state index in [0.717, 1.165) is 12.8 Å². The number of hydrogen-bond donors (Lipinski definition) is 1. The van der Waals surface area contributed by atoms with Gasteiger partial charge in [-0.05, 0) is 18.6 Å². The summed E-state index contributed by atoms with van der Waals surface area (Å²) < 4.78 is 53.7. The Kier molecular flexibility index (Phi) is 15.9. The fourth-order valence-electron chi connectivity index (χ4n) is 2.31. The Labute approximate surface area is 160 Å². The van der Waals surface area contributed by atoms with E-state index in [0.29, 0.717) is 6.61 Å². The van der Waals surface area contributed by atoms with E-state index in [1.165, 1.54) is 63.5 Å². The fraction of sp³-hybridized carbons (Fsp3) is 0.667. The van der Waals surface area contributed by atoms with Crippen LogP contribution in [-0.4, -0.2) is 28.3 Å². The summed E-state index contributed by atoms with van der Waals surface area (Å²) in [5, 5.41) is 0. The maximum Gasteiger partial charge on any atom is 0.294 e. The quantitative estimate of drug-likeness (QED) is 0.290. The molecule has 0 spiro atoms. The largest absolute Gasteiger partial charge is 0.750 e. The summed E-state index contributed by atoms with van der Waals surface area (Å²) in [4.78, 5) is -0.0741. The molecule has 0 aliphatic heterocycles. The SMILES string of the molecule is CCCCCCCCCCCCOS(=O)[O-].O=S(=O)(O)c1ccccc1. The molecule has 8 heteroatoms. The lowest BCUT2D eigenvalue weighted by molar-refractivity contribution is 0.290. The van der Waals surface area contributed by atoms with E-state index < -0.39 is 21.5 Å². The Morgan fingerprint density at radius 3 is 1.77 bits per heavy atom. The average molecular weight is 408 g/mol. The molecule has 0 aromatic heterocycles.